The maximum absolute atomic E-state index is 11.0. The summed E-state index contributed by atoms with van der Waals surface area (Å²) < 4.78 is 1.43. The molecule has 1 aromatic rings. The van der Waals surface area contributed by atoms with Gasteiger partial charge in [0.2, 0.25) is 0 Å². The zero-order chi connectivity index (χ0) is 8.65. The SMILES string of the molecule is CC(C)(C)n1sc(O)nc1=O. The van der Waals surface area contributed by atoms with E-state index in [1.165, 1.54) is 3.96 Å². The predicted molar refractivity (Wildman–Crippen MR) is 43.0 cm³/mol. The lowest BCUT2D eigenvalue weighted by atomic mass is 10.1. The summed E-state index contributed by atoms with van der Waals surface area (Å²) in [5.41, 5.74) is -0.685. The van der Waals surface area contributed by atoms with Crippen LogP contribution in [0.4, 0.5) is 0 Å². The van der Waals surface area contributed by atoms with Gasteiger partial charge in [-0.1, -0.05) is 0 Å². The molecule has 0 amide bonds. The molecule has 1 heterocycles. The molecule has 4 nitrogen and oxygen atoms in total. The van der Waals surface area contributed by atoms with E-state index in [-0.39, 0.29) is 16.4 Å². The Kier molecular flexibility index (Phi) is 1.75. The fourth-order valence-electron chi connectivity index (χ4n) is 0.692. The standard InChI is InChI=1S/C6H10N2O2S/c1-6(2,3)8-4(9)7-5(10)11-8/h1-3H3,(H,7,9,10). The molecule has 0 aromatic carbocycles. The monoisotopic (exact) mass is 174 g/mol. The molecule has 0 unspecified atom stereocenters. The minimum atomic E-state index is -0.389. The first-order valence-electron chi connectivity index (χ1n) is 3.21. The third-order valence-corrected chi connectivity index (χ3v) is 2.29. The number of nitrogens with zero attached hydrogens (tertiary/aromatic N) is 2. The first-order valence-corrected chi connectivity index (χ1v) is 3.98. The molecule has 1 aromatic heterocycles. The summed E-state index contributed by atoms with van der Waals surface area (Å²) in [6, 6.07) is 0. The van der Waals surface area contributed by atoms with Crippen LogP contribution in [0.25, 0.3) is 0 Å². The minimum absolute atomic E-state index is 0.176. The van der Waals surface area contributed by atoms with Gasteiger partial charge >= 0.3 is 5.69 Å². The summed E-state index contributed by atoms with van der Waals surface area (Å²) in [6.45, 7) is 5.64. The molecule has 62 valence electrons. The van der Waals surface area contributed by atoms with E-state index < -0.39 is 0 Å². The first kappa shape index (κ1) is 8.26. The second-order valence-corrected chi connectivity index (χ2v) is 4.15. The molecule has 0 saturated carbocycles. The zero-order valence-electron chi connectivity index (χ0n) is 6.66. The Morgan fingerprint density at radius 2 is 2.09 bits per heavy atom. The van der Waals surface area contributed by atoms with Gasteiger partial charge < -0.3 is 5.11 Å². The Balaban J connectivity index is 3.25. The van der Waals surface area contributed by atoms with Crippen molar-refractivity contribution >= 4 is 11.5 Å². The van der Waals surface area contributed by atoms with Crippen molar-refractivity contribution in [2.24, 2.45) is 0 Å². The Labute approximate surface area is 68.3 Å². The van der Waals surface area contributed by atoms with Crippen molar-refractivity contribution in [3.05, 3.63) is 10.5 Å². The highest BCUT2D eigenvalue weighted by Crippen LogP contribution is 2.18. The average Bonchev–Trinajstić information content (AvgIpc) is 2.08. The molecular formula is C6H10N2O2S. The molecule has 0 bridgehead atoms. The maximum atomic E-state index is 11.0. The van der Waals surface area contributed by atoms with Crippen LogP contribution in [0.1, 0.15) is 20.8 Å². The predicted octanol–water partition coefficient (Wildman–Crippen LogP) is 0.765. The summed E-state index contributed by atoms with van der Waals surface area (Å²) in [5, 5.41) is 8.71. The van der Waals surface area contributed by atoms with Crippen LogP contribution < -0.4 is 5.69 Å². The van der Waals surface area contributed by atoms with E-state index in [0.717, 1.165) is 11.5 Å². The van der Waals surface area contributed by atoms with Gasteiger partial charge in [-0.05, 0) is 20.8 Å². The number of rotatable bonds is 0. The lowest BCUT2D eigenvalue weighted by molar-refractivity contribution is 0.414. The van der Waals surface area contributed by atoms with Gasteiger partial charge in [0.1, 0.15) is 0 Å². The van der Waals surface area contributed by atoms with Gasteiger partial charge in [0.05, 0.1) is 5.54 Å². The molecule has 1 N–H and O–H groups in total. The fourth-order valence-corrected chi connectivity index (χ4v) is 1.37. The highest BCUT2D eigenvalue weighted by Gasteiger charge is 2.18. The van der Waals surface area contributed by atoms with E-state index in [1.54, 1.807) is 0 Å². The van der Waals surface area contributed by atoms with Gasteiger partial charge in [-0.3, -0.25) is 0 Å². The van der Waals surface area contributed by atoms with Gasteiger partial charge in [0, 0.05) is 11.5 Å². The minimum Gasteiger partial charge on any atom is -0.485 e. The highest BCUT2D eigenvalue weighted by molar-refractivity contribution is 7.07. The smallest absolute Gasteiger partial charge is 0.361 e. The van der Waals surface area contributed by atoms with E-state index in [0.29, 0.717) is 0 Å². The lowest BCUT2D eigenvalue weighted by Gasteiger charge is -2.16. The normalized spacial score (nSPS) is 11.9. The molecule has 0 aliphatic carbocycles. The summed E-state index contributed by atoms with van der Waals surface area (Å²) >= 11 is 0.970. The van der Waals surface area contributed by atoms with E-state index in [9.17, 15) is 4.79 Å². The van der Waals surface area contributed by atoms with Crippen LogP contribution in [0.5, 0.6) is 5.19 Å². The van der Waals surface area contributed by atoms with Gasteiger partial charge in [-0.15, -0.1) is 4.98 Å². The Morgan fingerprint density at radius 3 is 2.27 bits per heavy atom. The second-order valence-electron chi connectivity index (χ2n) is 3.23. The molecule has 0 aliphatic rings. The van der Waals surface area contributed by atoms with Gasteiger partial charge in [-0.2, -0.15) is 0 Å². The van der Waals surface area contributed by atoms with Crippen molar-refractivity contribution in [2.75, 3.05) is 0 Å². The van der Waals surface area contributed by atoms with Crippen molar-refractivity contribution in [1.82, 2.24) is 8.94 Å². The van der Waals surface area contributed by atoms with Crippen LogP contribution in [0.3, 0.4) is 0 Å². The van der Waals surface area contributed by atoms with Crippen LogP contribution in [-0.4, -0.2) is 14.0 Å². The van der Waals surface area contributed by atoms with Gasteiger partial charge in [0.15, 0.2) is 0 Å². The molecule has 11 heavy (non-hydrogen) atoms. The van der Waals surface area contributed by atoms with Gasteiger partial charge in [-0.25, -0.2) is 8.75 Å². The molecule has 0 radical (unpaired) electrons. The van der Waals surface area contributed by atoms with Crippen molar-refractivity contribution in [1.29, 1.82) is 0 Å². The van der Waals surface area contributed by atoms with E-state index in [2.05, 4.69) is 4.98 Å². The summed E-state index contributed by atoms with van der Waals surface area (Å²) in [4.78, 5) is 14.3. The number of hydrogen-bond acceptors (Lipinski definition) is 4. The maximum Gasteiger partial charge on any atom is 0.361 e. The third-order valence-electron chi connectivity index (χ3n) is 1.15. The lowest BCUT2D eigenvalue weighted by Crippen LogP contribution is -2.29. The molecule has 1 rings (SSSR count). The fraction of sp³-hybridized carbons (Fsp3) is 0.667. The Morgan fingerprint density at radius 1 is 1.55 bits per heavy atom. The number of aromatic hydroxyl groups is 1. The molecule has 0 atom stereocenters. The van der Waals surface area contributed by atoms with Crippen molar-refractivity contribution in [2.45, 2.75) is 26.3 Å². The van der Waals surface area contributed by atoms with Crippen LogP contribution in [-0.2, 0) is 5.54 Å². The number of hydrogen-bond donors (Lipinski definition) is 1. The molecular weight excluding hydrogens is 164 g/mol. The van der Waals surface area contributed by atoms with E-state index >= 15 is 0 Å². The third kappa shape index (κ3) is 1.59. The van der Waals surface area contributed by atoms with Crippen LogP contribution >= 0.6 is 11.5 Å². The zero-order valence-corrected chi connectivity index (χ0v) is 7.47. The van der Waals surface area contributed by atoms with E-state index in [1.807, 2.05) is 20.8 Å². The molecule has 0 spiro atoms. The van der Waals surface area contributed by atoms with Crippen LogP contribution in [0.15, 0.2) is 4.79 Å². The van der Waals surface area contributed by atoms with Crippen molar-refractivity contribution < 1.29 is 5.11 Å². The molecule has 0 aliphatic heterocycles. The second kappa shape index (κ2) is 2.34. The topological polar surface area (TPSA) is 55.1 Å². The average molecular weight is 174 g/mol. The Bertz CT molecular complexity index is 307. The van der Waals surface area contributed by atoms with Gasteiger partial charge in [0.25, 0.3) is 5.19 Å². The molecule has 0 fully saturated rings. The first-order chi connectivity index (χ1) is 4.91. The number of aromatic nitrogens is 2. The summed E-state index contributed by atoms with van der Waals surface area (Å²) in [6.07, 6.45) is 0. The highest BCUT2D eigenvalue weighted by atomic mass is 32.1. The largest absolute Gasteiger partial charge is 0.485 e. The molecule has 0 saturated heterocycles. The molecule has 5 heteroatoms. The van der Waals surface area contributed by atoms with Crippen molar-refractivity contribution in [3.63, 3.8) is 0 Å². The van der Waals surface area contributed by atoms with E-state index in [4.69, 9.17) is 5.11 Å². The quantitative estimate of drug-likeness (QED) is 0.632. The summed E-state index contributed by atoms with van der Waals surface area (Å²) in [5.74, 6) is 0. The Hall–Kier alpha value is -0.840. The van der Waals surface area contributed by atoms with Crippen LogP contribution in [0, 0.1) is 0 Å². The summed E-state index contributed by atoms with van der Waals surface area (Å²) in [7, 11) is 0. The van der Waals surface area contributed by atoms with Crippen molar-refractivity contribution in [3.8, 4) is 5.19 Å². The van der Waals surface area contributed by atoms with Crippen LogP contribution in [0.2, 0.25) is 0 Å².